The quantitative estimate of drug-likeness (QED) is 0.0952. The minimum absolute atomic E-state index is 0. The van der Waals surface area contributed by atoms with Crippen LogP contribution in [0.4, 0.5) is 0 Å². The van der Waals surface area contributed by atoms with E-state index >= 15 is 0 Å². The van der Waals surface area contributed by atoms with Crippen LogP contribution in [-0.4, -0.2) is 62.6 Å². The smallest absolute Gasteiger partial charge is 0.748 e. The summed E-state index contributed by atoms with van der Waals surface area (Å²) in [6.07, 6.45) is 1.55. The van der Waals surface area contributed by atoms with Gasteiger partial charge in [-0.05, 0) is 26.2 Å². The zero-order valence-electron chi connectivity index (χ0n) is 16.3. The van der Waals surface area contributed by atoms with Crippen LogP contribution >= 0.6 is 0 Å². The van der Waals surface area contributed by atoms with E-state index in [0.717, 1.165) is 6.08 Å². The first-order valence-corrected chi connectivity index (χ1v) is 10.4. The van der Waals surface area contributed by atoms with Crippen LogP contribution in [-0.2, 0) is 39.3 Å². The Morgan fingerprint density at radius 2 is 1.32 bits per heavy atom. The van der Waals surface area contributed by atoms with Gasteiger partial charge >= 0.3 is 71.1 Å². The number of carbonyl (C=O) groups excluding carboxylic acids is 2. The van der Waals surface area contributed by atoms with Crippen molar-refractivity contribution in [1.29, 1.82) is 0 Å². The fourth-order valence-corrected chi connectivity index (χ4v) is 2.17. The van der Waals surface area contributed by atoms with Crippen molar-refractivity contribution in [2.45, 2.75) is 26.2 Å². The number of ether oxygens (including phenoxy) is 2. The minimum atomic E-state index is -4.20. The third kappa shape index (κ3) is 31.0. The Labute approximate surface area is 210 Å². The molecule has 0 amide bonds. The Morgan fingerprint density at radius 1 is 0.893 bits per heavy atom. The zero-order chi connectivity index (χ0) is 20.8. The molecule has 0 rings (SSSR count). The van der Waals surface area contributed by atoms with E-state index in [0.29, 0.717) is 12.0 Å². The molecule has 0 atom stereocenters. The Kier molecular flexibility index (Phi) is 24.5. The first-order chi connectivity index (χ1) is 11.8. The molecule has 0 bridgehead atoms. The number of carbonyl (C=O) groups is 2. The first-order valence-electron chi connectivity index (χ1n) is 7.27. The van der Waals surface area contributed by atoms with E-state index in [1.807, 2.05) is 0 Å². The number of hydrogen-bond acceptors (Lipinski definition) is 10. The first kappa shape index (κ1) is 35.7. The van der Waals surface area contributed by atoms with Crippen molar-refractivity contribution in [2.75, 3.05) is 24.7 Å². The van der Waals surface area contributed by atoms with Gasteiger partial charge in [0.1, 0.15) is 0 Å². The molecule has 0 saturated heterocycles. The standard InChI is InChI=1S/C8H14O5S.C6H10O5S.2Na/c1-7(2)8(9)13-5-3-4-6-14(10,11)12;1-2-6(7)11-4-3-5-12(8,9)10;;/h1,3-6H2,2H3,(H,10,11,12);2H,1,3-5H2,(H,8,9,10);;/q;;2*+1/p-2. The molecule has 0 unspecified atom stereocenters. The number of esters is 2. The molecule has 0 aliphatic carbocycles. The van der Waals surface area contributed by atoms with Gasteiger partial charge in [0.15, 0.2) is 0 Å². The van der Waals surface area contributed by atoms with E-state index in [-0.39, 0.29) is 85.2 Å². The van der Waals surface area contributed by atoms with Gasteiger partial charge in [0.2, 0.25) is 0 Å². The molecule has 0 aliphatic heterocycles. The van der Waals surface area contributed by atoms with Gasteiger partial charge in [-0.15, -0.1) is 0 Å². The second-order valence-electron chi connectivity index (χ2n) is 4.87. The Hall–Kier alpha value is 0.240. The van der Waals surface area contributed by atoms with Crippen molar-refractivity contribution in [3.05, 3.63) is 24.8 Å². The van der Waals surface area contributed by atoms with Gasteiger partial charge in [-0.2, -0.15) is 0 Å². The molecule has 152 valence electrons. The maximum absolute atomic E-state index is 10.8. The van der Waals surface area contributed by atoms with Crippen LogP contribution in [0.15, 0.2) is 24.8 Å². The normalized spacial score (nSPS) is 10.1. The monoisotopic (exact) mass is 460 g/mol. The molecule has 0 aromatic heterocycles. The van der Waals surface area contributed by atoms with E-state index in [2.05, 4.69) is 22.6 Å². The number of hydrogen-bond donors (Lipinski definition) is 0. The Morgan fingerprint density at radius 3 is 1.71 bits per heavy atom. The molecule has 10 nitrogen and oxygen atoms in total. The second-order valence-corrected chi connectivity index (χ2v) is 7.92. The van der Waals surface area contributed by atoms with E-state index in [1.54, 1.807) is 0 Å². The van der Waals surface area contributed by atoms with Crippen LogP contribution in [0.25, 0.3) is 0 Å². The molecule has 0 aromatic rings. The van der Waals surface area contributed by atoms with Crippen LogP contribution in [0.1, 0.15) is 26.2 Å². The number of rotatable bonds is 11. The van der Waals surface area contributed by atoms with Gasteiger partial charge in [-0.3, -0.25) is 0 Å². The van der Waals surface area contributed by atoms with Crippen molar-refractivity contribution in [1.82, 2.24) is 0 Å². The molecule has 0 fully saturated rings. The summed E-state index contributed by atoms with van der Waals surface area (Å²) in [5.41, 5.74) is 0.293. The van der Waals surface area contributed by atoms with Crippen LogP contribution in [0.2, 0.25) is 0 Å². The molecule has 0 spiro atoms. The molecular weight excluding hydrogens is 438 g/mol. The topological polar surface area (TPSA) is 167 Å². The van der Waals surface area contributed by atoms with E-state index < -0.39 is 43.7 Å². The van der Waals surface area contributed by atoms with E-state index in [9.17, 15) is 35.5 Å². The Bertz CT molecular complexity index is 687. The molecule has 0 radical (unpaired) electrons. The molecule has 0 N–H and O–H groups in total. The average molecular weight is 460 g/mol. The molecule has 0 saturated carbocycles. The fraction of sp³-hybridized carbons (Fsp3) is 0.571. The van der Waals surface area contributed by atoms with Crippen molar-refractivity contribution < 1.29 is 104 Å². The predicted molar refractivity (Wildman–Crippen MR) is 89.9 cm³/mol. The summed E-state index contributed by atoms with van der Waals surface area (Å²) in [5, 5.41) is 0. The zero-order valence-corrected chi connectivity index (χ0v) is 22.0. The molecule has 14 heteroatoms. The third-order valence-corrected chi connectivity index (χ3v) is 3.90. The summed E-state index contributed by atoms with van der Waals surface area (Å²) in [6, 6.07) is 0. The minimum Gasteiger partial charge on any atom is -0.748 e. The Balaban J connectivity index is -0.000000194. The van der Waals surface area contributed by atoms with Crippen LogP contribution in [0.5, 0.6) is 0 Å². The van der Waals surface area contributed by atoms with Crippen LogP contribution in [0.3, 0.4) is 0 Å². The van der Waals surface area contributed by atoms with Gasteiger partial charge in [-0.25, -0.2) is 26.4 Å². The van der Waals surface area contributed by atoms with E-state index in [4.69, 9.17) is 0 Å². The summed E-state index contributed by atoms with van der Waals surface area (Å²) < 4.78 is 69.7. The fourth-order valence-electron chi connectivity index (χ4n) is 1.14. The SMILES string of the molecule is C=C(C)C(=O)OCCCCS(=O)(=O)[O-].C=CC(=O)OCCCS(=O)(=O)[O-].[Na+].[Na+]. The summed E-state index contributed by atoms with van der Waals surface area (Å²) in [4.78, 5) is 21.2. The van der Waals surface area contributed by atoms with Crippen molar-refractivity contribution in [3.63, 3.8) is 0 Å². The van der Waals surface area contributed by atoms with Crippen molar-refractivity contribution >= 4 is 32.2 Å². The van der Waals surface area contributed by atoms with Crippen LogP contribution in [0, 0.1) is 0 Å². The second kappa shape index (κ2) is 19.2. The molecule has 0 aromatic carbocycles. The molecular formula is C14H22Na2O10S2. The summed E-state index contributed by atoms with van der Waals surface area (Å²) in [5.74, 6) is -2.07. The number of unbranched alkanes of at least 4 members (excludes halogenated alkanes) is 1. The van der Waals surface area contributed by atoms with Gasteiger partial charge in [-0.1, -0.05) is 13.2 Å². The van der Waals surface area contributed by atoms with E-state index in [1.165, 1.54) is 6.92 Å². The van der Waals surface area contributed by atoms with Crippen LogP contribution < -0.4 is 59.1 Å². The van der Waals surface area contributed by atoms with Gasteiger partial charge in [0.25, 0.3) is 0 Å². The maximum Gasteiger partial charge on any atom is 1.00 e. The van der Waals surface area contributed by atoms with Gasteiger partial charge in [0, 0.05) is 23.2 Å². The third-order valence-electron chi connectivity index (χ3n) is 2.32. The summed E-state index contributed by atoms with van der Waals surface area (Å²) in [7, 11) is -8.35. The van der Waals surface area contributed by atoms with Crippen molar-refractivity contribution in [3.8, 4) is 0 Å². The van der Waals surface area contributed by atoms with Gasteiger partial charge in [0.05, 0.1) is 33.5 Å². The van der Waals surface area contributed by atoms with Gasteiger partial charge < -0.3 is 18.6 Å². The molecule has 0 heterocycles. The average Bonchev–Trinajstić information content (AvgIpc) is 2.49. The molecule has 28 heavy (non-hydrogen) atoms. The summed E-state index contributed by atoms with van der Waals surface area (Å²) >= 11 is 0. The summed E-state index contributed by atoms with van der Waals surface area (Å²) in [6.45, 7) is 8.06. The molecule has 0 aliphatic rings. The van der Waals surface area contributed by atoms with Crippen molar-refractivity contribution in [2.24, 2.45) is 0 Å². The maximum atomic E-state index is 10.8. The predicted octanol–water partition coefficient (Wildman–Crippen LogP) is -5.91. The largest absolute Gasteiger partial charge is 1.00 e.